The van der Waals surface area contributed by atoms with E-state index in [0.717, 1.165) is 0 Å². The quantitative estimate of drug-likeness (QED) is 0.681. The van der Waals surface area contributed by atoms with E-state index in [1.165, 1.54) is 0 Å². The lowest BCUT2D eigenvalue weighted by atomic mass is 10.0. The third-order valence-electron chi connectivity index (χ3n) is 3.15. The molecule has 0 fully saturated rings. The molecule has 0 unspecified atom stereocenters. The summed E-state index contributed by atoms with van der Waals surface area (Å²) in [7, 11) is 0. The van der Waals surface area contributed by atoms with Crippen molar-refractivity contribution < 1.29 is 23.8 Å². The highest BCUT2D eigenvalue weighted by atomic mass is 16.6. The Balaban J connectivity index is 4.62. The molecule has 24 heavy (non-hydrogen) atoms. The third kappa shape index (κ3) is 9.75. The molecule has 0 heterocycles. The molecule has 1 amide bonds. The zero-order chi connectivity index (χ0) is 19.1. The maximum atomic E-state index is 12.3. The molecule has 0 aromatic rings. The number of esters is 1. The molecule has 0 aromatic heterocycles. The van der Waals surface area contributed by atoms with E-state index in [4.69, 9.17) is 14.2 Å². The highest BCUT2D eigenvalue weighted by Gasteiger charge is 2.29. The Kier molecular flexibility index (Phi) is 9.33. The molecule has 3 atom stereocenters. The Morgan fingerprint density at radius 3 is 1.96 bits per heavy atom. The van der Waals surface area contributed by atoms with E-state index in [2.05, 4.69) is 19.2 Å². The second-order valence-corrected chi connectivity index (χ2v) is 7.95. The summed E-state index contributed by atoms with van der Waals surface area (Å²) in [6.07, 6.45) is -1.23. The fourth-order valence-electron chi connectivity index (χ4n) is 1.99. The highest BCUT2D eigenvalue weighted by Crippen LogP contribution is 2.16. The van der Waals surface area contributed by atoms with Crippen molar-refractivity contribution in [3.63, 3.8) is 0 Å². The lowest BCUT2D eigenvalue weighted by Gasteiger charge is -2.29. The molecule has 0 rings (SSSR count). The lowest BCUT2D eigenvalue weighted by Crippen LogP contribution is -2.45. The van der Waals surface area contributed by atoms with E-state index in [1.54, 1.807) is 27.7 Å². The van der Waals surface area contributed by atoms with Gasteiger partial charge in [-0.1, -0.05) is 27.7 Å². The normalized spacial score (nSPS) is 15.8. The lowest BCUT2D eigenvalue weighted by molar-refractivity contribution is -0.163. The van der Waals surface area contributed by atoms with Gasteiger partial charge in [-0.25, -0.2) is 9.59 Å². The van der Waals surface area contributed by atoms with Gasteiger partial charge in [0.25, 0.3) is 0 Å². The van der Waals surface area contributed by atoms with Crippen LogP contribution in [-0.4, -0.2) is 42.5 Å². The molecule has 1 N–H and O–H groups in total. The number of amides is 1. The van der Waals surface area contributed by atoms with Gasteiger partial charge in [0.1, 0.15) is 17.7 Å². The first-order chi connectivity index (χ1) is 10.8. The van der Waals surface area contributed by atoms with Crippen molar-refractivity contribution in [1.82, 2.24) is 5.32 Å². The van der Waals surface area contributed by atoms with Gasteiger partial charge < -0.3 is 19.5 Å². The topological polar surface area (TPSA) is 73.9 Å². The Morgan fingerprint density at radius 2 is 1.54 bits per heavy atom. The molecule has 0 aliphatic heterocycles. The zero-order valence-corrected chi connectivity index (χ0v) is 16.6. The Labute approximate surface area is 146 Å². The second kappa shape index (κ2) is 9.87. The predicted molar refractivity (Wildman–Crippen MR) is 93.8 cm³/mol. The Morgan fingerprint density at radius 1 is 1.00 bits per heavy atom. The van der Waals surface area contributed by atoms with Crippen LogP contribution < -0.4 is 5.32 Å². The zero-order valence-electron chi connectivity index (χ0n) is 16.6. The van der Waals surface area contributed by atoms with Gasteiger partial charge in [0.2, 0.25) is 0 Å². The van der Waals surface area contributed by atoms with E-state index >= 15 is 0 Å². The fraction of sp³-hybridized carbons (Fsp3) is 0.889. The highest BCUT2D eigenvalue weighted by molar-refractivity contribution is 5.81. The molecular weight excluding hydrogens is 310 g/mol. The molecule has 0 aliphatic rings. The number of carbonyl (C=O) groups is 2. The van der Waals surface area contributed by atoms with E-state index in [1.807, 2.05) is 20.8 Å². The first kappa shape index (κ1) is 22.7. The molecule has 0 radical (unpaired) electrons. The molecule has 0 saturated heterocycles. The smallest absolute Gasteiger partial charge is 0.408 e. The maximum absolute atomic E-state index is 12.3. The van der Waals surface area contributed by atoms with Crippen molar-refractivity contribution in [2.24, 2.45) is 11.8 Å². The van der Waals surface area contributed by atoms with Crippen LogP contribution in [0.2, 0.25) is 0 Å². The van der Waals surface area contributed by atoms with Crippen molar-refractivity contribution in [1.29, 1.82) is 0 Å². The Bertz CT molecular complexity index is 401. The van der Waals surface area contributed by atoms with Crippen LogP contribution in [0, 0.1) is 11.8 Å². The van der Waals surface area contributed by atoms with Gasteiger partial charge in [0.15, 0.2) is 0 Å². The van der Waals surface area contributed by atoms with Gasteiger partial charge in [-0.3, -0.25) is 0 Å². The fourth-order valence-corrected chi connectivity index (χ4v) is 1.99. The van der Waals surface area contributed by atoms with Crippen LogP contribution in [0.15, 0.2) is 0 Å². The number of nitrogens with one attached hydrogen (secondary N) is 1. The molecule has 6 heteroatoms. The number of rotatable bonds is 8. The van der Waals surface area contributed by atoms with E-state index in [-0.39, 0.29) is 18.1 Å². The van der Waals surface area contributed by atoms with Gasteiger partial charge in [0.05, 0.1) is 6.10 Å². The summed E-state index contributed by atoms with van der Waals surface area (Å²) >= 11 is 0. The van der Waals surface area contributed by atoms with Crippen molar-refractivity contribution >= 4 is 12.1 Å². The van der Waals surface area contributed by atoms with Crippen LogP contribution in [0.25, 0.3) is 0 Å². The average molecular weight is 345 g/mol. The van der Waals surface area contributed by atoms with Gasteiger partial charge in [-0.15, -0.1) is 0 Å². The molecule has 6 nitrogen and oxygen atoms in total. The number of hydrogen-bond acceptors (Lipinski definition) is 5. The predicted octanol–water partition coefficient (Wildman–Crippen LogP) is 3.53. The first-order valence-corrected chi connectivity index (χ1v) is 8.65. The molecule has 0 spiro atoms. The summed E-state index contributed by atoms with van der Waals surface area (Å²) < 4.78 is 16.5. The number of carbonyl (C=O) groups excluding carboxylic acids is 2. The van der Waals surface area contributed by atoms with E-state index < -0.39 is 23.7 Å². The van der Waals surface area contributed by atoms with E-state index in [9.17, 15) is 9.59 Å². The number of hydrogen-bond donors (Lipinski definition) is 1. The summed E-state index contributed by atoms with van der Waals surface area (Å²) in [4.78, 5) is 24.0. The van der Waals surface area contributed by atoms with Crippen LogP contribution in [0.3, 0.4) is 0 Å². The minimum Gasteiger partial charge on any atom is -0.458 e. The third-order valence-corrected chi connectivity index (χ3v) is 3.15. The minimum atomic E-state index is -0.793. The standard InChI is InChI=1S/C18H35NO5/c1-11(2)10-22-14(6)15(12(3)4)23-16(20)13(5)19-17(21)24-18(7,8)9/h11-15H,10H2,1-9H3,(H,19,21)/t13-,14-,15+/m0/s1. The van der Waals surface area contributed by atoms with Crippen LogP contribution in [0.4, 0.5) is 4.79 Å². The largest absolute Gasteiger partial charge is 0.458 e. The van der Waals surface area contributed by atoms with Gasteiger partial charge in [-0.05, 0) is 46.5 Å². The molecular formula is C18H35NO5. The molecule has 0 aromatic carbocycles. The summed E-state index contributed by atoms with van der Waals surface area (Å²) in [6, 6.07) is -0.793. The van der Waals surface area contributed by atoms with Crippen molar-refractivity contribution in [3.05, 3.63) is 0 Å². The van der Waals surface area contributed by atoms with Crippen molar-refractivity contribution in [2.45, 2.75) is 86.2 Å². The molecule has 0 bridgehead atoms. The van der Waals surface area contributed by atoms with E-state index in [0.29, 0.717) is 12.5 Å². The molecule has 0 aliphatic carbocycles. The molecule has 0 saturated carbocycles. The van der Waals surface area contributed by atoms with Gasteiger partial charge in [-0.2, -0.15) is 0 Å². The second-order valence-electron chi connectivity index (χ2n) is 7.95. The summed E-state index contributed by atoms with van der Waals surface area (Å²) in [5.41, 5.74) is -0.618. The van der Waals surface area contributed by atoms with Crippen LogP contribution >= 0.6 is 0 Å². The van der Waals surface area contributed by atoms with Crippen LogP contribution in [-0.2, 0) is 19.0 Å². The first-order valence-electron chi connectivity index (χ1n) is 8.65. The summed E-state index contributed by atoms with van der Waals surface area (Å²) in [5.74, 6) is 0.00752. The maximum Gasteiger partial charge on any atom is 0.408 e. The summed E-state index contributed by atoms with van der Waals surface area (Å²) in [6.45, 7) is 17.4. The number of alkyl carbamates (subject to hydrolysis) is 1. The SMILES string of the molecule is CC(C)CO[C@@H](C)[C@H](OC(=O)[C@H](C)NC(=O)OC(C)(C)C)C(C)C. The van der Waals surface area contributed by atoms with Crippen LogP contribution in [0.1, 0.15) is 62.3 Å². The minimum absolute atomic E-state index is 0.102. The van der Waals surface area contributed by atoms with Crippen molar-refractivity contribution in [3.8, 4) is 0 Å². The van der Waals surface area contributed by atoms with Gasteiger partial charge in [0, 0.05) is 6.61 Å². The summed E-state index contributed by atoms with van der Waals surface area (Å²) in [5, 5.41) is 2.49. The average Bonchev–Trinajstić information content (AvgIpc) is 2.38. The monoisotopic (exact) mass is 345 g/mol. The van der Waals surface area contributed by atoms with Crippen molar-refractivity contribution in [2.75, 3.05) is 6.61 Å². The molecule has 142 valence electrons. The van der Waals surface area contributed by atoms with Gasteiger partial charge >= 0.3 is 12.1 Å². The van der Waals surface area contributed by atoms with Crippen LogP contribution in [0.5, 0.6) is 0 Å². The number of ether oxygens (including phenoxy) is 3. The Hall–Kier alpha value is -1.30.